The summed E-state index contributed by atoms with van der Waals surface area (Å²) in [7, 11) is 0. The maximum Gasteiger partial charge on any atom is 0.325 e. The Hall–Kier alpha value is -1.89. The minimum atomic E-state index is -0.754. The third-order valence-electron chi connectivity index (χ3n) is 3.10. The molecule has 0 atom stereocenters. The molecule has 100 valence electrons. The first kappa shape index (κ1) is 14.2. The van der Waals surface area contributed by atoms with Crippen molar-refractivity contribution in [3.8, 4) is 0 Å². The van der Waals surface area contributed by atoms with Crippen molar-refractivity contribution in [2.45, 2.75) is 32.2 Å². The fourth-order valence-electron chi connectivity index (χ4n) is 1.58. The Bertz CT molecular complexity index is 519. The quantitative estimate of drug-likeness (QED) is 0.559. The van der Waals surface area contributed by atoms with Crippen LogP contribution in [0.25, 0.3) is 0 Å². The molecule has 0 unspecified atom stereocenters. The van der Waals surface area contributed by atoms with E-state index in [2.05, 4.69) is 10.3 Å². The number of hydrogen-bond donors (Lipinski definition) is 4. The minimum Gasteiger partial charge on any atom is -0.394 e. The number of hydrogen-bond acceptors (Lipinski definition) is 4. The molecular formula is C11H17N3O4. The zero-order valence-electron chi connectivity index (χ0n) is 10.4. The fourth-order valence-corrected chi connectivity index (χ4v) is 1.58. The normalized spacial score (nSPS) is 11.3. The molecule has 4 N–H and O–H groups in total. The second-order valence-electron chi connectivity index (χ2n) is 4.09. The lowest BCUT2D eigenvalue weighted by Gasteiger charge is -2.30. The van der Waals surface area contributed by atoms with Gasteiger partial charge >= 0.3 is 5.69 Å². The van der Waals surface area contributed by atoms with Gasteiger partial charge in [-0.05, 0) is 12.8 Å². The van der Waals surface area contributed by atoms with Gasteiger partial charge in [0.1, 0.15) is 5.56 Å². The molecule has 0 spiro atoms. The molecule has 0 radical (unpaired) electrons. The van der Waals surface area contributed by atoms with Crippen LogP contribution in [0, 0.1) is 0 Å². The van der Waals surface area contributed by atoms with Gasteiger partial charge in [0.25, 0.3) is 11.5 Å². The van der Waals surface area contributed by atoms with E-state index in [1.54, 1.807) is 0 Å². The van der Waals surface area contributed by atoms with E-state index in [-0.39, 0.29) is 12.2 Å². The van der Waals surface area contributed by atoms with Crippen LogP contribution in [-0.4, -0.2) is 33.1 Å². The third kappa shape index (κ3) is 2.86. The highest BCUT2D eigenvalue weighted by Gasteiger charge is 2.28. The molecule has 7 heteroatoms. The van der Waals surface area contributed by atoms with E-state index in [1.807, 2.05) is 18.8 Å². The van der Waals surface area contributed by atoms with E-state index in [4.69, 9.17) is 0 Å². The molecule has 0 aliphatic rings. The van der Waals surface area contributed by atoms with Crippen LogP contribution >= 0.6 is 0 Å². The van der Waals surface area contributed by atoms with Gasteiger partial charge < -0.3 is 15.4 Å². The number of aliphatic hydroxyl groups is 1. The summed E-state index contributed by atoms with van der Waals surface area (Å²) in [5.41, 5.74) is -2.36. The molecule has 0 aromatic carbocycles. The van der Waals surface area contributed by atoms with Gasteiger partial charge in [0.2, 0.25) is 0 Å². The average molecular weight is 255 g/mol. The maximum absolute atomic E-state index is 11.9. The Morgan fingerprint density at radius 1 is 1.39 bits per heavy atom. The number of rotatable bonds is 5. The Kier molecular flexibility index (Phi) is 4.43. The summed E-state index contributed by atoms with van der Waals surface area (Å²) >= 11 is 0. The molecule has 18 heavy (non-hydrogen) atoms. The largest absolute Gasteiger partial charge is 0.394 e. The number of H-pyrrole nitrogens is 2. The van der Waals surface area contributed by atoms with Gasteiger partial charge in [0.05, 0.1) is 12.1 Å². The lowest BCUT2D eigenvalue weighted by molar-refractivity contribution is 0.0816. The average Bonchev–Trinajstić information content (AvgIpc) is 2.36. The first-order chi connectivity index (χ1) is 8.48. The SMILES string of the molecule is CCC(CC)(CO)NC(=O)c1c[nH]c(=O)[nH]c1=O. The summed E-state index contributed by atoms with van der Waals surface area (Å²) in [6.07, 6.45) is 2.13. The van der Waals surface area contributed by atoms with Crippen LogP contribution in [0.5, 0.6) is 0 Å². The van der Waals surface area contributed by atoms with E-state index < -0.39 is 22.7 Å². The van der Waals surface area contributed by atoms with Gasteiger partial charge in [-0.2, -0.15) is 0 Å². The Morgan fingerprint density at radius 3 is 2.44 bits per heavy atom. The molecule has 0 saturated carbocycles. The summed E-state index contributed by atoms with van der Waals surface area (Å²) in [6.45, 7) is 3.45. The number of carbonyl (C=O) groups is 1. The Labute approximate surface area is 103 Å². The van der Waals surface area contributed by atoms with Crippen molar-refractivity contribution in [3.05, 3.63) is 32.6 Å². The van der Waals surface area contributed by atoms with Crippen molar-refractivity contribution in [1.82, 2.24) is 15.3 Å². The molecule has 0 aliphatic carbocycles. The van der Waals surface area contributed by atoms with Crippen molar-refractivity contribution >= 4 is 5.91 Å². The van der Waals surface area contributed by atoms with Gasteiger partial charge in [-0.15, -0.1) is 0 Å². The zero-order chi connectivity index (χ0) is 13.8. The molecule has 1 heterocycles. The molecule has 0 aliphatic heterocycles. The van der Waals surface area contributed by atoms with Crippen molar-refractivity contribution in [2.24, 2.45) is 0 Å². The van der Waals surface area contributed by atoms with Crippen LogP contribution in [0.4, 0.5) is 0 Å². The van der Waals surface area contributed by atoms with E-state index in [1.165, 1.54) is 0 Å². The summed E-state index contributed by atoms with van der Waals surface area (Å²) in [5.74, 6) is -0.620. The van der Waals surface area contributed by atoms with E-state index in [0.717, 1.165) is 6.20 Å². The molecule has 1 aromatic rings. The maximum atomic E-state index is 11.9. The van der Waals surface area contributed by atoms with Crippen molar-refractivity contribution in [3.63, 3.8) is 0 Å². The van der Waals surface area contributed by atoms with Crippen LogP contribution in [0.15, 0.2) is 15.8 Å². The second kappa shape index (κ2) is 5.63. The molecule has 7 nitrogen and oxygen atoms in total. The van der Waals surface area contributed by atoms with E-state index in [0.29, 0.717) is 12.8 Å². The van der Waals surface area contributed by atoms with E-state index >= 15 is 0 Å². The van der Waals surface area contributed by atoms with Gasteiger partial charge in [-0.1, -0.05) is 13.8 Å². The fraction of sp³-hybridized carbons (Fsp3) is 0.545. The van der Waals surface area contributed by atoms with Crippen LogP contribution < -0.4 is 16.6 Å². The number of nitrogens with one attached hydrogen (secondary N) is 3. The zero-order valence-corrected chi connectivity index (χ0v) is 10.4. The highest BCUT2D eigenvalue weighted by atomic mass is 16.3. The predicted molar refractivity (Wildman–Crippen MR) is 65.5 cm³/mol. The summed E-state index contributed by atoms with van der Waals surface area (Å²) < 4.78 is 0. The van der Waals surface area contributed by atoms with Crippen LogP contribution in [0.3, 0.4) is 0 Å². The molecule has 1 amide bonds. The first-order valence-electron chi connectivity index (χ1n) is 5.73. The van der Waals surface area contributed by atoms with Crippen LogP contribution in [0.2, 0.25) is 0 Å². The van der Waals surface area contributed by atoms with Gasteiger partial charge in [-0.3, -0.25) is 14.6 Å². The summed E-state index contributed by atoms with van der Waals surface area (Å²) in [6, 6.07) is 0. The molecular weight excluding hydrogens is 238 g/mol. The standard InChI is InChI=1S/C11H17N3O4/c1-3-11(4-2,6-15)14-9(17)7-5-12-10(18)13-8(7)16/h5,15H,3-4,6H2,1-2H3,(H,14,17)(H2,12,13,16,18). The lowest BCUT2D eigenvalue weighted by atomic mass is 9.93. The number of aromatic amines is 2. The minimum absolute atomic E-state index is 0.186. The van der Waals surface area contributed by atoms with Gasteiger partial charge in [-0.25, -0.2) is 4.79 Å². The molecule has 1 rings (SSSR count). The highest BCUT2D eigenvalue weighted by Crippen LogP contribution is 2.14. The molecule has 0 fully saturated rings. The van der Waals surface area contributed by atoms with E-state index in [9.17, 15) is 19.5 Å². The number of amides is 1. The third-order valence-corrected chi connectivity index (χ3v) is 3.10. The molecule has 1 aromatic heterocycles. The van der Waals surface area contributed by atoms with Crippen LogP contribution in [0.1, 0.15) is 37.0 Å². The predicted octanol–water partition coefficient (Wildman–Crippen LogP) is -0.656. The molecule has 0 saturated heterocycles. The summed E-state index contributed by atoms with van der Waals surface area (Å²) in [4.78, 5) is 38.4. The number of carbonyl (C=O) groups excluding carboxylic acids is 1. The van der Waals surface area contributed by atoms with Gasteiger partial charge in [0.15, 0.2) is 0 Å². The highest BCUT2D eigenvalue weighted by molar-refractivity contribution is 5.94. The monoisotopic (exact) mass is 255 g/mol. The second-order valence-corrected chi connectivity index (χ2v) is 4.09. The Morgan fingerprint density at radius 2 is 2.00 bits per heavy atom. The van der Waals surface area contributed by atoms with Crippen molar-refractivity contribution < 1.29 is 9.90 Å². The van der Waals surface area contributed by atoms with Crippen molar-refractivity contribution in [2.75, 3.05) is 6.61 Å². The topological polar surface area (TPSA) is 115 Å². The first-order valence-corrected chi connectivity index (χ1v) is 5.73. The number of aromatic nitrogens is 2. The smallest absolute Gasteiger partial charge is 0.325 e. The lowest BCUT2D eigenvalue weighted by Crippen LogP contribution is -2.51. The Balaban J connectivity index is 3.01. The molecule has 0 bridgehead atoms. The van der Waals surface area contributed by atoms with Gasteiger partial charge in [0, 0.05) is 6.20 Å². The van der Waals surface area contributed by atoms with Crippen LogP contribution in [-0.2, 0) is 0 Å². The summed E-state index contributed by atoms with van der Waals surface area (Å²) in [5, 5.41) is 12.0. The van der Waals surface area contributed by atoms with Crippen molar-refractivity contribution in [1.29, 1.82) is 0 Å². The number of aliphatic hydroxyl groups excluding tert-OH is 1.